The fourth-order valence-electron chi connectivity index (χ4n) is 0. The summed E-state index contributed by atoms with van der Waals surface area (Å²) in [5.41, 5.74) is 0. The molecule has 0 radical (unpaired) electrons. The summed E-state index contributed by atoms with van der Waals surface area (Å²) in [5.74, 6) is 2.50. The van der Waals surface area contributed by atoms with Crippen LogP contribution >= 0.6 is 0 Å². The normalized spacial score (nSPS) is 5.75. The molecule has 0 aliphatic carbocycles. The van der Waals surface area contributed by atoms with Crippen LogP contribution in [0.4, 0.5) is 0 Å². The molecule has 0 saturated carbocycles. The number of terminal acetylenes is 1. The van der Waals surface area contributed by atoms with Crippen LogP contribution in [0.1, 0.15) is 27.2 Å². The van der Waals surface area contributed by atoms with Gasteiger partial charge in [0.2, 0.25) is 0 Å². The van der Waals surface area contributed by atoms with Crippen LogP contribution in [0.2, 0.25) is 0 Å². The average Bonchev–Trinajstić information content (AvgIpc) is 1.69. The molecular weight excluding hydrogens is 100 g/mol. The Kier molecular flexibility index (Phi) is 12.2. The zero-order chi connectivity index (χ0) is 6.99. The lowest BCUT2D eigenvalue weighted by Gasteiger charge is -1.71. The van der Waals surface area contributed by atoms with Gasteiger partial charge in [0.05, 0.1) is 0 Å². The van der Waals surface area contributed by atoms with Gasteiger partial charge in [0.25, 0.3) is 0 Å². The van der Waals surface area contributed by atoms with Gasteiger partial charge in [-0.3, -0.25) is 0 Å². The van der Waals surface area contributed by atoms with Gasteiger partial charge in [-0.1, -0.05) is 6.92 Å². The summed E-state index contributed by atoms with van der Waals surface area (Å²) in [6, 6.07) is 0. The Bertz CT molecular complexity index is 87.1. The van der Waals surface area contributed by atoms with Gasteiger partial charge in [0.1, 0.15) is 5.78 Å². The first kappa shape index (κ1) is 10.3. The van der Waals surface area contributed by atoms with E-state index in [1.165, 1.54) is 0 Å². The molecule has 0 rings (SSSR count). The molecule has 0 heterocycles. The number of Topliss-reactive ketones (excluding diaryl/α,β-unsaturated/α-hetero) is 1. The first-order chi connectivity index (χ1) is 3.68. The van der Waals surface area contributed by atoms with Crippen molar-refractivity contribution in [3.8, 4) is 12.3 Å². The third-order valence-electron chi connectivity index (χ3n) is 0.498. The number of hydrogen-bond acceptors (Lipinski definition) is 1. The maximum atomic E-state index is 9.81. The molecule has 0 N–H and O–H groups in total. The Labute approximate surface area is 51.1 Å². The Morgan fingerprint density at radius 3 is 1.88 bits per heavy atom. The van der Waals surface area contributed by atoms with E-state index in [9.17, 15) is 4.79 Å². The number of carbonyl (C=O) groups excluding carboxylic acids is 1. The summed E-state index contributed by atoms with van der Waals surface area (Å²) in [7, 11) is 0. The third kappa shape index (κ3) is 61.9. The topological polar surface area (TPSA) is 17.1 Å². The van der Waals surface area contributed by atoms with Gasteiger partial charge in [-0.25, -0.2) is 0 Å². The fraction of sp³-hybridized carbons (Fsp3) is 0.571. The van der Waals surface area contributed by atoms with Gasteiger partial charge >= 0.3 is 0 Å². The monoisotopic (exact) mass is 112 g/mol. The van der Waals surface area contributed by atoms with Crippen LogP contribution < -0.4 is 0 Å². The predicted molar refractivity (Wildman–Crippen MR) is 35.5 cm³/mol. The molecule has 0 aliphatic heterocycles. The second kappa shape index (κ2) is 9.52. The molecule has 8 heavy (non-hydrogen) atoms. The molecule has 0 spiro atoms. The van der Waals surface area contributed by atoms with E-state index in [1.54, 1.807) is 13.8 Å². The summed E-state index contributed by atoms with van der Waals surface area (Å²) in [4.78, 5) is 9.81. The van der Waals surface area contributed by atoms with E-state index in [2.05, 4.69) is 12.3 Å². The van der Waals surface area contributed by atoms with Gasteiger partial charge < -0.3 is 4.79 Å². The quantitative estimate of drug-likeness (QED) is 0.471. The van der Waals surface area contributed by atoms with Crippen molar-refractivity contribution in [1.82, 2.24) is 0 Å². The maximum Gasteiger partial charge on any atom is 0.129 e. The van der Waals surface area contributed by atoms with E-state index in [4.69, 9.17) is 0 Å². The number of hydrogen-bond donors (Lipinski definition) is 0. The molecule has 0 aromatic carbocycles. The highest BCUT2D eigenvalue weighted by atomic mass is 16.1. The van der Waals surface area contributed by atoms with E-state index >= 15 is 0 Å². The van der Waals surface area contributed by atoms with Gasteiger partial charge in [-0.05, 0) is 13.8 Å². The van der Waals surface area contributed by atoms with Crippen LogP contribution in [0.15, 0.2) is 0 Å². The van der Waals surface area contributed by atoms with Gasteiger partial charge in [0, 0.05) is 6.42 Å². The van der Waals surface area contributed by atoms with Crippen LogP contribution in [-0.2, 0) is 4.79 Å². The van der Waals surface area contributed by atoms with E-state index in [-0.39, 0.29) is 5.78 Å². The molecule has 0 aromatic heterocycles. The Morgan fingerprint density at radius 2 is 1.88 bits per heavy atom. The SMILES string of the molecule is C#CC.CCC(C)=O. The fourth-order valence-corrected chi connectivity index (χ4v) is 0. The van der Waals surface area contributed by atoms with Crippen molar-refractivity contribution < 1.29 is 4.79 Å². The first-order valence-electron chi connectivity index (χ1n) is 2.55. The molecule has 0 unspecified atom stereocenters. The van der Waals surface area contributed by atoms with Gasteiger partial charge in [-0.15, -0.1) is 12.3 Å². The molecule has 1 nitrogen and oxygen atoms in total. The molecule has 0 aliphatic rings. The standard InChI is InChI=1S/C4H8O.C3H4/c1-3-4(2)5;1-3-2/h3H2,1-2H3;1H,2H3. The zero-order valence-electron chi connectivity index (χ0n) is 5.69. The van der Waals surface area contributed by atoms with Crippen molar-refractivity contribution in [2.24, 2.45) is 0 Å². The zero-order valence-corrected chi connectivity index (χ0v) is 5.69. The molecule has 0 fully saturated rings. The Hall–Kier alpha value is -0.770. The minimum Gasteiger partial charge on any atom is -0.300 e. The van der Waals surface area contributed by atoms with E-state index in [0.717, 1.165) is 0 Å². The Morgan fingerprint density at radius 1 is 1.75 bits per heavy atom. The first-order valence-corrected chi connectivity index (χ1v) is 2.55. The van der Waals surface area contributed by atoms with Crippen molar-refractivity contribution in [3.63, 3.8) is 0 Å². The highest BCUT2D eigenvalue weighted by molar-refractivity contribution is 5.74. The summed E-state index contributed by atoms with van der Waals surface area (Å²) in [5, 5.41) is 0. The molecule has 1 heteroatoms. The highest BCUT2D eigenvalue weighted by Crippen LogP contribution is 1.71. The second-order valence-electron chi connectivity index (χ2n) is 1.34. The molecule has 0 bridgehead atoms. The minimum atomic E-state index is 0.255. The van der Waals surface area contributed by atoms with Gasteiger partial charge in [-0.2, -0.15) is 0 Å². The van der Waals surface area contributed by atoms with Crippen molar-refractivity contribution in [2.45, 2.75) is 27.2 Å². The van der Waals surface area contributed by atoms with Crippen molar-refractivity contribution in [1.29, 1.82) is 0 Å². The summed E-state index contributed by atoms with van der Waals surface area (Å²) >= 11 is 0. The largest absolute Gasteiger partial charge is 0.300 e. The van der Waals surface area contributed by atoms with Crippen molar-refractivity contribution in [3.05, 3.63) is 0 Å². The smallest absolute Gasteiger partial charge is 0.129 e. The van der Waals surface area contributed by atoms with E-state index in [1.807, 2.05) is 6.92 Å². The van der Waals surface area contributed by atoms with Crippen LogP contribution in [0, 0.1) is 12.3 Å². The third-order valence-corrected chi connectivity index (χ3v) is 0.498. The lowest BCUT2D eigenvalue weighted by Crippen LogP contribution is -1.80. The summed E-state index contributed by atoms with van der Waals surface area (Å²) < 4.78 is 0. The number of carbonyl (C=O) groups is 1. The molecule has 0 saturated heterocycles. The predicted octanol–water partition coefficient (Wildman–Crippen LogP) is 1.62. The molecule has 46 valence electrons. The van der Waals surface area contributed by atoms with Crippen LogP contribution in [-0.4, -0.2) is 5.78 Å². The van der Waals surface area contributed by atoms with Crippen LogP contribution in [0.5, 0.6) is 0 Å². The number of rotatable bonds is 1. The van der Waals surface area contributed by atoms with Crippen molar-refractivity contribution in [2.75, 3.05) is 0 Å². The molecule has 0 amide bonds. The van der Waals surface area contributed by atoms with Crippen LogP contribution in [0.25, 0.3) is 0 Å². The lowest BCUT2D eigenvalue weighted by atomic mass is 10.4. The highest BCUT2D eigenvalue weighted by Gasteiger charge is 1.76. The van der Waals surface area contributed by atoms with Crippen LogP contribution in [0.3, 0.4) is 0 Å². The Balaban J connectivity index is 0. The lowest BCUT2D eigenvalue weighted by molar-refractivity contribution is -0.116. The second-order valence-corrected chi connectivity index (χ2v) is 1.34. The summed E-state index contributed by atoms with van der Waals surface area (Å²) in [6.07, 6.45) is 5.26. The van der Waals surface area contributed by atoms with E-state index < -0.39 is 0 Å². The molecular formula is C7H12O. The van der Waals surface area contributed by atoms with Gasteiger partial charge in [0.15, 0.2) is 0 Å². The van der Waals surface area contributed by atoms with Crippen molar-refractivity contribution >= 4 is 5.78 Å². The maximum absolute atomic E-state index is 9.81. The average molecular weight is 112 g/mol. The minimum absolute atomic E-state index is 0.255. The summed E-state index contributed by atoms with van der Waals surface area (Å²) in [6.45, 7) is 5.09. The number of ketones is 1. The van der Waals surface area contributed by atoms with E-state index in [0.29, 0.717) is 6.42 Å². The molecule has 0 atom stereocenters. The molecule has 0 aromatic rings.